The van der Waals surface area contributed by atoms with Crippen LogP contribution in [0.25, 0.3) is 5.65 Å². The molecule has 0 aromatic carbocycles. The van der Waals surface area contributed by atoms with Gasteiger partial charge in [0.05, 0.1) is 0 Å². The van der Waals surface area contributed by atoms with Crippen molar-refractivity contribution in [2.24, 2.45) is 0 Å². The molecule has 2 aromatic rings. The van der Waals surface area contributed by atoms with Crippen molar-refractivity contribution in [2.75, 3.05) is 44.2 Å². The van der Waals surface area contributed by atoms with Crippen molar-refractivity contribution in [2.45, 2.75) is 18.8 Å². The van der Waals surface area contributed by atoms with E-state index in [0.717, 1.165) is 50.7 Å². The lowest BCUT2D eigenvalue weighted by molar-refractivity contribution is 0.447. The molecule has 4 heterocycles. The van der Waals surface area contributed by atoms with Crippen LogP contribution < -0.4 is 15.5 Å². The van der Waals surface area contributed by atoms with Crippen LogP contribution >= 0.6 is 0 Å². The van der Waals surface area contributed by atoms with Crippen molar-refractivity contribution in [3.8, 4) is 0 Å². The maximum absolute atomic E-state index is 4.76. The van der Waals surface area contributed by atoms with E-state index in [1.165, 1.54) is 18.5 Å². The van der Waals surface area contributed by atoms with Gasteiger partial charge in [0, 0.05) is 56.6 Å². The number of nitrogens with one attached hydrogen (secondary N) is 2. The van der Waals surface area contributed by atoms with E-state index in [2.05, 4.69) is 32.8 Å². The van der Waals surface area contributed by atoms with E-state index in [4.69, 9.17) is 4.98 Å². The van der Waals surface area contributed by atoms with E-state index < -0.39 is 0 Å². The van der Waals surface area contributed by atoms with Crippen LogP contribution in [0, 0.1) is 0 Å². The van der Waals surface area contributed by atoms with Gasteiger partial charge in [-0.3, -0.25) is 0 Å². The third kappa shape index (κ3) is 2.61. The molecule has 4 rings (SSSR count). The minimum Gasteiger partial charge on any atom is -0.369 e. The zero-order valence-corrected chi connectivity index (χ0v) is 12.3. The van der Waals surface area contributed by atoms with E-state index in [1.54, 1.807) is 0 Å². The van der Waals surface area contributed by atoms with Crippen molar-refractivity contribution < 1.29 is 0 Å². The van der Waals surface area contributed by atoms with Gasteiger partial charge in [-0.2, -0.15) is 5.10 Å². The number of fused-ring (bicyclic) bond motifs is 1. The second-order valence-corrected chi connectivity index (χ2v) is 5.94. The molecular weight excluding hydrogens is 264 g/mol. The van der Waals surface area contributed by atoms with E-state index in [1.807, 2.05) is 10.7 Å². The Labute approximate surface area is 124 Å². The predicted octanol–water partition coefficient (Wildman–Crippen LogP) is 0.606. The SMILES string of the molecule is c1cn2nc(C3CCCNC3)nc2cc1N1CCNCC1. The lowest BCUT2D eigenvalue weighted by Gasteiger charge is -2.29. The topological polar surface area (TPSA) is 57.5 Å². The Hall–Kier alpha value is -1.66. The normalized spacial score (nSPS) is 23.6. The molecule has 1 unspecified atom stereocenters. The number of hydrogen-bond donors (Lipinski definition) is 2. The van der Waals surface area contributed by atoms with Crippen molar-refractivity contribution in [3.05, 3.63) is 24.2 Å². The predicted molar refractivity (Wildman–Crippen MR) is 82.9 cm³/mol. The second kappa shape index (κ2) is 5.61. The summed E-state index contributed by atoms with van der Waals surface area (Å²) in [7, 11) is 0. The fourth-order valence-corrected chi connectivity index (χ4v) is 3.25. The van der Waals surface area contributed by atoms with Crippen LogP contribution in [-0.4, -0.2) is 53.9 Å². The first-order chi connectivity index (χ1) is 10.4. The minimum atomic E-state index is 0.460. The highest BCUT2D eigenvalue weighted by Crippen LogP contribution is 2.22. The quantitative estimate of drug-likeness (QED) is 0.847. The molecule has 2 aromatic heterocycles. The van der Waals surface area contributed by atoms with Crippen molar-refractivity contribution >= 4 is 11.3 Å². The Balaban J connectivity index is 1.61. The number of rotatable bonds is 2. The molecule has 0 saturated carbocycles. The van der Waals surface area contributed by atoms with E-state index in [0.29, 0.717) is 5.92 Å². The molecule has 0 radical (unpaired) electrons. The largest absolute Gasteiger partial charge is 0.369 e. The van der Waals surface area contributed by atoms with Crippen molar-refractivity contribution in [1.29, 1.82) is 0 Å². The van der Waals surface area contributed by atoms with Gasteiger partial charge in [-0.25, -0.2) is 9.50 Å². The first-order valence-corrected chi connectivity index (χ1v) is 7.93. The molecule has 6 heteroatoms. The maximum Gasteiger partial charge on any atom is 0.157 e. The average Bonchev–Trinajstić information content (AvgIpc) is 2.99. The van der Waals surface area contributed by atoms with Crippen LogP contribution in [0.1, 0.15) is 24.6 Å². The number of anilines is 1. The molecule has 21 heavy (non-hydrogen) atoms. The third-order valence-electron chi connectivity index (χ3n) is 4.48. The zero-order valence-electron chi connectivity index (χ0n) is 12.3. The van der Waals surface area contributed by atoms with Gasteiger partial charge in [0.2, 0.25) is 0 Å². The fraction of sp³-hybridized carbons (Fsp3) is 0.600. The van der Waals surface area contributed by atoms with Crippen LogP contribution in [0.2, 0.25) is 0 Å². The molecular formula is C15H22N6. The Kier molecular flexibility index (Phi) is 3.48. The minimum absolute atomic E-state index is 0.460. The van der Waals surface area contributed by atoms with Crippen molar-refractivity contribution in [3.63, 3.8) is 0 Å². The van der Waals surface area contributed by atoms with Crippen LogP contribution in [0.5, 0.6) is 0 Å². The van der Waals surface area contributed by atoms with Gasteiger partial charge in [0.15, 0.2) is 11.5 Å². The summed E-state index contributed by atoms with van der Waals surface area (Å²) in [5.41, 5.74) is 2.22. The zero-order chi connectivity index (χ0) is 14.1. The molecule has 0 aliphatic carbocycles. The number of aromatic nitrogens is 3. The molecule has 0 amide bonds. The summed E-state index contributed by atoms with van der Waals surface area (Å²) >= 11 is 0. The van der Waals surface area contributed by atoms with Gasteiger partial charge in [0.1, 0.15) is 0 Å². The molecule has 2 aliphatic rings. The third-order valence-corrected chi connectivity index (χ3v) is 4.48. The van der Waals surface area contributed by atoms with E-state index >= 15 is 0 Å². The summed E-state index contributed by atoms with van der Waals surface area (Å²) in [5.74, 6) is 1.45. The number of nitrogens with zero attached hydrogens (tertiary/aromatic N) is 4. The molecule has 2 N–H and O–H groups in total. The van der Waals surface area contributed by atoms with Gasteiger partial charge >= 0.3 is 0 Å². The number of piperazine rings is 1. The van der Waals surface area contributed by atoms with Crippen LogP contribution in [0.3, 0.4) is 0 Å². The monoisotopic (exact) mass is 286 g/mol. The van der Waals surface area contributed by atoms with Gasteiger partial charge in [-0.05, 0) is 25.5 Å². The summed E-state index contributed by atoms with van der Waals surface area (Å²) in [6.45, 7) is 6.35. The van der Waals surface area contributed by atoms with Gasteiger partial charge in [-0.1, -0.05) is 0 Å². The lowest BCUT2D eigenvalue weighted by atomic mass is 9.99. The molecule has 0 bridgehead atoms. The molecule has 112 valence electrons. The molecule has 6 nitrogen and oxygen atoms in total. The highest BCUT2D eigenvalue weighted by atomic mass is 15.3. The Morgan fingerprint density at radius 3 is 2.86 bits per heavy atom. The van der Waals surface area contributed by atoms with Gasteiger partial charge in [-0.15, -0.1) is 0 Å². The molecule has 0 spiro atoms. The van der Waals surface area contributed by atoms with Crippen LogP contribution in [-0.2, 0) is 0 Å². The maximum atomic E-state index is 4.76. The Morgan fingerprint density at radius 2 is 2.05 bits per heavy atom. The van der Waals surface area contributed by atoms with Gasteiger partial charge in [0.25, 0.3) is 0 Å². The summed E-state index contributed by atoms with van der Waals surface area (Å²) in [4.78, 5) is 7.17. The number of pyridine rings is 1. The van der Waals surface area contributed by atoms with Crippen LogP contribution in [0.4, 0.5) is 5.69 Å². The number of hydrogen-bond acceptors (Lipinski definition) is 5. The molecule has 2 aliphatic heterocycles. The van der Waals surface area contributed by atoms with Gasteiger partial charge < -0.3 is 15.5 Å². The standard InChI is InChI=1S/C15H22N6/c1-2-12(11-17-4-1)15-18-14-10-13(3-7-21(14)19-15)20-8-5-16-6-9-20/h3,7,10,12,16-17H,1-2,4-6,8-9,11H2. The molecule has 2 saturated heterocycles. The summed E-state index contributed by atoms with van der Waals surface area (Å²) in [6, 6.07) is 4.31. The summed E-state index contributed by atoms with van der Waals surface area (Å²) in [5, 5.41) is 11.5. The number of piperidine rings is 1. The Morgan fingerprint density at radius 1 is 1.14 bits per heavy atom. The van der Waals surface area contributed by atoms with Crippen LogP contribution in [0.15, 0.2) is 18.3 Å². The van der Waals surface area contributed by atoms with Crippen molar-refractivity contribution in [1.82, 2.24) is 25.2 Å². The van der Waals surface area contributed by atoms with E-state index in [9.17, 15) is 0 Å². The first-order valence-electron chi connectivity index (χ1n) is 7.93. The summed E-state index contributed by atoms with van der Waals surface area (Å²) < 4.78 is 1.91. The first kappa shape index (κ1) is 13.0. The highest BCUT2D eigenvalue weighted by Gasteiger charge is 2.20. The Bertz CT molecular complexity index is 594. The fourth-order valence-electron chi connectivity index (χ4n) is 3.25. The summed E-state index contributed by atoms with van der Waals surface area (Å²) in [6.07, 6.45) is 4.44. The smallest absolute Gasteiger partial charge is 0.157 e. The second-order valence-electron chi connectivity index (χ2n) is 5.94. The average molecular weight is 286 g/mol. The van der Waals surface area contributed by atoms with E-state index in [-0.39, 0.29) is 0 Å². The lowest BCUT2D eigenvalue weighted by Crippen LogP contribution is -2.43. The molecule has 1 atom stereocenters. The molecule has 2 fully saturated rings. The highest BCUT2D eigenvalue weighted by molar-refractivity contribution is 5.56.